The third-order valence-corrected chi connectivity index (χ3v) is 2.56. The minimum Gasteiger partial charge on any atom is -0.480 e. The van der Waals surface area contributed by atoms with Gasteiger partial charge in [-0.05, 0) is 44.9 Å². The zero-order valence-corrected chi connectivity index (χ0v) is 12.2. The predicted molar refractivity (Wildman–Crippen MR) is 75.5 cm³/mol. The molecule has 0 aliphatic rings. The van der Waals surface area contributed by atoms with Gasteiger partial charge >= 0.3 is 5.97 Å². The van der Waals surface area contributed by atoms with Crippen molar-refractivity contribution < 1.29 is 14.3 Å². The van der Waals surface area contributed by atoms with Crippen molar-refractivity contribution in [1.82, 2.24) is 0 Å². The maximum Gasteiger partial charge on any atom is 0.344 e. The molecule has 0 radical (unpaired) electrons. The van der Waals surface area contributed by atoms with E-state index in [9.17, 15) is 4.79 Å². The van der Waals surface area contributed by atoms with Gasteiger partial charge in [-0.25, -0.2) is 4.79 Å². The Labute approximate surface area is 118 Å². The summed E-state index contributed by atoms with van der Waals surface area (Å²) >= 11 is 6.08. The van der Waals surface area contributed by atoms with Crippen molar-refractivity contribution in [1.29, 1.82) is 0 Å². The van der Waals surface area contributed by atoms with Crippen LogP contribution in [0.5, 0.6) is 5.75 Å². The molecule has 0 aromatic heterocycles. The molecule has 1 unspecified atom stereocenters. The highest BCUT2D eigenvalue weighted by Crippen LogP contribution is 2.25. The van der Waals surface area contributed by atoms with E-state index in [0.717, 1.165) is 12.0 Å². The predicted octanol–water partition coefficient (Wildman–Crippen LogP) is 2.56. The Morgan fingerprint density at radius 2 is 2.05 bits per heavy atom. The van der Waals surface area contributed by atoms with Crippen LogP contribution in [-0.4, -0.2) is 24.7 Å². The lowest BCUT2D eigenvalue weighted by Gasteiger charge is -2.11. The molecule has 1 aromatic rings. The highest BCUT2D eigenvalue weighted by atomic mass is 35.5. The van der Waals surface area contributed by atoms with Crippen LogP contribution < -0.4 is 10.5 Å². The zero-order chi connectivity index (χ0) is 14.4. The number of carbonyl (C=O) groups excluding carboxylic acids is 1. The molecular weight excluding hydrogens is 266 g/mol. The number of carbonyl (C=O) groups is 1. The summed E-state index contributed by atoms with van der Waals surface area (Å²) < 4.78 is 10.3. The van der Waals surface area contributed by atoms with Crippen LogP contribution in [0, 0.1) is 0 Å². The van der Waals surface area contributed by atoms with E-state index in [-0.39, 0.29) is 18.8 Å². The maximum atomic E-state index is 11.3. The Kier molecular flexibility index (Phi) is 6.12. The molecule has 0 bridgehead atoms. The fourth-order valence-electron chi connectivity index (χ4n) is 1.59. The van der Waals surface area contributed by atoms with Gasteiger partial charge in [-0.1, -0.05) is 17.7 Å². The van der Waals surface area contributed by atoms with E-state index in [1.807, 2.05) is 13.0 Å². The number of nitrogens with two attached hydrogens (primary N) is 1. The number of benzene rings is 1. The summed E-state index contributed by atoms with van der Waals surface area (Å²) in [6, 6.07) is 5.50. The van der Waals surface area contributed by atoms with Crippen molar-refractivity contribution in [2.45, 2.75) is 39.3 Å². The summed E-state index contributed by atoms with van der Waals surface area (Å²) in [6.45, 7) is 5.35. The number of esters is 1. The fourth-order valence-corrected chi connectivity index (χ4v) is 1.85. The first kappa shape index (κ1) is 15.8. The first-order valence-corrected chi connectivity index (χ1v) is 6.62. The topological polar surface area (TPSA) is 61.5 Å². The molecule has 106 valence electrons. The molecule has 1 atom stereocenters. The number of hydrogen-bond donors (Lipinski definition) is 1. The zero-order valence-electron chi connectivity index (χ0n) is 11.5. The molecule has 5 heteroatoms. The molecule has 0 spiro atoms. The first-order chi connectivity index (χ1) is 8.88. The maximum absolute atomic E-state index is 11.3. The molecule has 0 saturated heterocycles. The molecule has 0 fully saturated rings. The van der Waals surface area contributed by atoms with Crippen molar-refractivity contribution in [3.05, 3.63) is 28.8 Å². The van der Waals surface area contributed by atoms with Gasteiger partial charge in [-0.3, -0.25) is 0 Å². The molecule has 19 heavy (non-hydrogen) atoms. The van der Waals surface area contributed by atoms with Crippen molar-refractivity contribution in [3.8, 4) is 5.75 Å². The van der Waals surface area contributed by atoms with Gasteiger partial charge in [-0.2, -0.15) is 0 Å². The SMILES string of the molecule is CC(N)Cc1ccc(OCC(=O)OC(C)C)c(Cl)c1. The molecule has 4 nitrogen and oxygen atoms in total. The molecule has 1 aromatic carbocycles. The van der Waals surface area contributed by atoms with Crippen LogP contribution in [0.4, 0.5) is 0 Å². The van der Waals surface area contributed by atoms with E-state index in [1.165, 1.54) is 0 Å². The van der Waals surface area contributed by atoms with Crippen molar-refractivity contribution >= 4 is 17.6 Å². The van der Waals surface area contributed by atoms with Gasteiger partial charge in [0, 0.05) is 6.04 Å². The lowest BCUT2D eigenvalue weighted by molar-refractivity contribution is -0.149. The normalized spacial score (nSPS) is 12.3. The Hall–Kier alpha value is -1.26. The van der Waals surface area contributed by atoms with Crippen molar-refractivity contribution in [3.63, 3.8) is 0 Å². The van der Waals surface area contributed by atoms with E-state index >= 15 is 0 Å². The van der Waals surface area contributed by atoms with Crippen LogP contribution in [0.3, 0.4) is 0 Å². The van der Waals surface area contributed by atoms with E-state index in [0.29, 0.717) is 10.8 Å². The summed E-state index contributed by atoms with van der Waals surface area (Å²) in [6.07, 6.45) is 0.593. The molecular formula is C14H20ClNO3. The monoisotopic (exact) mass is 285 g/mol. The minimum absolute atomic E-state index is 0.0730. The lowest BCUT2D eigenvalue weighted by atomic mass is 10.1. The Balaban J connectivity index is 2.57. The Morgan fingerprint density at radius 3 is 2.58 bits per heavy atom. The number of hydrogen-bond acceptors (Lipinski definition) is 4. The number of halogens is 1. The molecule has 2 N–H and O–H groups in total. The second-order valence-electron chi connectivity index (χ2n) is 4.77. The smallest absolute Gasteiger partial charge is 0.344 e. The van der Waals surface area contributed by atoms with Crippen LogP contribution in [0.2, 0.25) is 5.02 Å². The number of rotatable bonds is 6. The summed E-state index contributed by atoms with van der Waals surface area (Å²) in [5.41, 5.74) is 6.76. The largest absolute Gasteiger partial charge is 0.480 e. The highest BCUT2D eigenvalue weighted by Gasteiger charge is 2.09. The van der Waals surface area contributed by atoms with Crippen molar-refractivity contribution in [2.24, 2.45) is 5.73 Å². The molecule has 0 aliphatic heterocycles. The summed E-state index contributed by atoms with van der Waals surface area (Å²) in [7, 11) is 0. The van der Waals surface area contributed by atoms with Crippen molar-refractivity contribution in [2.75, 3.05) is 6.61 Å². The minimum atomic E-state index is -0.411. The second kappa shape index (κ2) is 7.36. The molecule has 0 heterocycles. The van der Waals surface area contributed by atoms with Gasteiger partial charge < -0.3 is 15.2 Å². The third kappa shape index (κ3) is 5.94. The Bertz CT molecular complexity index is 433. The molecule has 1 rings (SSSR count). The standard InChI is InChI=1S/C14H20ClNO3/c1-9(2)19-14(17)8-18-13-5-4-11(6-10(3)16)7-12(13)15/h4-5,7,9-10H,6,8,16H2,1-3H3. The highest BCUT2D eigenvalue weighted by molar-refractivity contribution is 6.32. The van der Waals surface area contributed by atoms with E-state index < -0.39 is 5.97 Å². The molecule has 0 aliphatic carbocycles. The third-order valence-electron chi connectivity index (χ3n) is 2.27. The van der Waals surface area contributed by atoms with Crippen LogP contribution in [0.15, 0.2) is 18.2 Å². The quantitative estimate of drug-likeness (QED) is 0.816. The summed E-state index contributed by atoms with van der Waals surface area (Å²) in [5, 5.41) is 0.468. The van der Waals surface area contributed by atoms with E-state index in [1.54, 1.807) is 26.0 Å². The van der Waals surface area contributed by atoms with Gasteiger partial charge in [0.1, 0.15) is 5.75 Å². The lowest BCUT2D eigenvalue weighted by Crippen LogP contribution is -2.19. The van der Waals surface area contributed by atoms with E-state index in [4.69, 9.17) is 26.8 Å². The van der Waals surface area contributed by atoms with Gasteiger partial charge in [0.15, 0.2) is 6.61 Å². The van der Waals surface area contributed by atoms with E-state index in [2.05, 4.69) is 0 Å². The molecule has 0 amide bonds. The molecule has 0 saturated carbocycles. The average Bonchev–Trinajstić information content (AvgIpc) is 2.26. The first-order valence-electron chi connectivity index (χ1n) is 6.24. The second-order valence-corrected chi connectivity index (χ2v) is 5.18. The Morgan fingerprint density at radius 1 is 1.37 bits per heavy atom. The van der Waals surface area contributed by atoms with Gasteiger partial charge in [0.25, 0.3) is 0 Å². The summed E-state index contributed by atoms with van der Waals surface area (Å²) in [4.78, 5) is 11.3. The summed E-state index contributed by atoms with van der Waals surface area (Å²) in [5.74, 6) is 0.0570. The van der Waals surface area contributed by atoms with Gasteiger partial charge in [0.2, 0.25) is 0 Å². The van der Waals surface area contributed by atoms with Crippen LogP contribution in [-0.2, 0) is 16.0 Å². The van der Waals surface area contributed by atoms with Gasteiger partial charge in [0.05, 0.1) is 11.1 Å². The van der Waals surface area contributed by atoms with Gasteiger partial charge in [-0.15, -0.1) is 0 Å². The fraction of sp³-hybridized carbons (Fsp3) is 0.500. The average molecular weight is 286 g/mol. The van der Waals surface area contributed by atoms with Crippen LogP contribution in [0.25, 0.3) is 0 Å². The number of ether oxygens (including phenoxy) is 2. The van der Waals surface area contributed by atoms with Crippen LogP contribution in [0.1, 0.15) is 26.3 Å². The van der Waals surface area contributed by atoms with Crippen LogP contribution >= 0.6 is 11.6 Å².